The van der Waals surface area contributed by atoms with Gasteiger partial charge < -0.3 is 40.3 Å². The third kappa shape index (κ3) is 40.6. The molecule has 2 radical (unpaired) electrons. The van der Waals surface area contributed by atoms with Crippen molar-refractivity contribution in [1.82, 2.24) is 9.80 Å². The van der Waals surface area contributed by atoms with E-state index in [9.17, 15) is 0 Å². The fraction of sp³-hybridized carbons (Fsp3) is 1.00. The van der Waals surface area contributed by atoms with E-state index in [4.69, 9.17) is 30.5 Å². The minimum atomic E-state index is -0.232. The molecule has 8 nitrogen and oxygen atoms in total. The van der Waals surface area contributed by atoms with Crippen LogP contribution in [0, 0.1) is 62.2 Å². The van der Waals surface area contributed by atoms with Crippen molar-refractivity contribution in [2.24, 2.45) is 0 Å². The maximum Gasteiger partial charge on any atom is 3.00 e. The predicted molar refractivity (Wildman–Crippen MR) is 305 cm³/mol. The summed E-state index contributed by atoms with van der Waals surface area (Å²) in [7, 11) is -1.39. The van der Waals surface area contributed by atoms with E-state index in [2.05, 4.69) is 176 Å². The van der Waals surface area contributed by atoms with Crippen molar-refractivity contribution < 1.29 is 95.2 Å². The molecule has 0 spiro atoms. The van der Waals surface area contributed by atoms with E-state index in [1.54, 1.807) is 0 Å². The molecule has 0 amide bonds. The molecular weight excluding hydrogens is 1470 g/mol. The second-order valence-corrected chi connectivity index (χ2v) is 38.9. The van der Waals surface area contributed by atoms with Gasteiger partial charge in [-0.05, 0) is 107 Å². The van der Waals surface area contributed by atoms with Gasteiger partial charge in [0.1, 0.15) is 0 Å². The van der Waals surface area contributed by atoms with Crippen LogP contribution in [0.5, 0.6) is 0 Å². The van der Waals surface area contributed by atoms with Gasteiger partial charge in [-0.1, -0.05) is 166 Å². The Morgan fingerprint density at radius 3 is 0.394 bits per heavy atom. The first-order valence-electron chi connectivity index (χ1n) is 24.9. The third-order valence-electron chi connectivity index (χ3n) is 10.4. The van der Waals surface area contributed by atoms with Gasteiger partial charge in [-0.2, -0.15) is 0 Å². The average Bonchev–Trinajstić information content (AvgIpc) is 3.12. The quantitative estimate of drug-likeness (QED) is 0.0462. The van der Waals surface area contributed by atoms with Crippen molar-refractivity contribution in [1.29, 1.82) is 0 Å². The molecule has 0 aliphatic heterocycles. The van der Waals surface area contributed by atoms with Gasteiger partial charge in [-0.15, -0.1) is 39.3 Å². The SMILES string of the molecule is CC(C)P([N-]CCN(CC[N-]P(C(C)C)C(C)C)CC[N-]P(C(C)C)C(C)C)C(C)C.CC(C)P([N-]CCN(CC[N-]P(C(C)C)C(C)C)CC[N-]P(C(C)C)C(C)C)C(C)C.[Ni].[Ni].[U+3].[U+3]. The van der Waals surface area contributed by atoms with Gasteiger partial charge in [0, 0.05) is 33.0 Å². The fourth-order valence-electron chi connectivity index (χ4n) is 8.02. The van der Waals surface area contributed by atoms with Crippen molar-refractivity contribution in [3.8, 4) is 0 Å². The summed E-state index contributed by atoms with van der Waals surface area (Å²) < 4.78 is 0. The van der Waals surface area contributed by atoms with Crippen molar-refractivity contribution in [2.45, 2.75) is 234 Å². The van der Waals surface area contributed by atoms with E-state index < -0.39 is 0 Å². The smallest absolute Gasteiger partial charge is 0.635 e. The molecule has 0 unspecified atom stereocenters. The summed E-state index contributed by atoms with van der Waals surface area (Å²) in [5.74, 6) is 0. The monoisotopic (exact) mass is 1570 g/mol. The Bertz CT molecular complexity index is 794. The van der Waals surface area contributed by atoms with E-state index >= 15 is 0 Å². The molecule has 0 aromatic rings. The molecule has 18 heteroatoms. The summed E-state index contributed by atoms with van der Waals surface area (Å²) in [4.78, 5) is 5.15. The Labute approximate surface area is 491 Å². The number of rotatable bonds is 36. The fourth-order valence-corrected chi connectivity index (χ4v) is 21.0. The van der Waals surface area contributed by atoms with Crippen LogP contribution in [0.2, 0.25) is 0 Å². The summed E-state index contributed by atoms with van der Waals surface area (Å²) in [6.07, 6.45) is 0. The van der Waals surface area contributed by atoms with Gasteiger partial charge in [0.05, 0.1) is 0 Å². The van der Waals surface area contributed by atoms with Gasteiger partial charge in [0.15, 0.2) is 0 Å². The molecule has 0 aliphatic carbocycles. The molecule has 0 N–H and O–H groups in total. The van der Waals surface area contributed by atoms with Crippen molar-refractivity contribution >= 4 is 48.4 Å². The van der Waals surface area contributed by atoms with Gasteiger partial charge in [-0.25, -0.2) is 48.4 Å². The first kappa shape index (κ1) is 82.7. The number of hydrogen-bond donors (Lipinski definition) is 0. The van der Waals surface area contributed by atoms with Crippen LogP contribution in [0.25, 0.3) is 30.5 Å². The van der Waals surface area contributed by atoms with Gasteiger partial charge in [0.2, 0.25) is 0 Å². The van der Waals surface area contributed by atoms with Gasteiger partial charge >= 0.3 is 62.2 Å². The van der Waals surface area contributed by atoms with Crippen LogP contribution in [-0.2, 0) is 33.0 Å². The van der Waals surface area contributed by atoms with Crippen LogP contribution in [0.1, 0.15) is 166 Å². The molecule has 0 saturated carbocycles. The summed E-state index contributed by atoms with van der Waals surface area (Å²) in [5, 5.41) is 30.8. The molecule has 0 fully saturated rings. The topological polar surface area (TPSA) is 91.1 Å². The molecule has 0 heterocycles. The van der Waals surface area contributed by atoms with E-state index in [1.165, 1.54) is 0 Å². The largest absolute Gasteiger partial charge is 3.00 e. The zero-order valence-electron chi connectivity index (χ0n) is 47.3. The van der Waals surface area contributed by atoms with E-state index in [0.29, 0.717) is 67.9 Å². The van der Waals surface area contributed by atoms with Crippen LogP contribution in [0.3, 0.4) is 0 Å². The summed E-state index contributed by atoms with van der Waals surface area (Å²) in [6.45, 7) is 67.8. The van der Waals surface area contributed by atoms with E-state index in [1.807, 2.05) is 0 Å². The first-order valence-corrected chi connectivity index (χ1v) is 33.5. The Hall–Kier alpha value is 5.35. The van der Waals surface area contributed by atoms with Gasteiger partial charge in [-0.3, -0.25) is 0 Å². The number of nitrogens with zero attached hydrogens (tertiary/aromatic N) is 8. The third-order valence-corrected chi connectivity index (χ3v) is 26.3. The Kier molecular flexibility index (Phi) is 61.0. The minimum absolute atomic E-state index is 0. The zero-order chi connectivity index (χ0) is 48.3. The Balaban J connectivity index is -0.000000257. The second kappa shape index (κ2) is 48.7. The van der Waals surface area contributed by atoms with Crippen LogP contribution in [0.15, 0.2) is 0 Å². The maximum atomic E-state index is 5.13. The molecule has 0 aliphatic rings. The second-order valence-electron chi connectivity index (χ2n) is 20.3. The van der Waals surface area contributed by atoms with Crippen LogP contribution < -0.4 is 0 Å². The molecule has 0 rings (SSSR count). The van der Waals surface area contributed by atoms with Crippen molar-refractivity contribution in [3.63, 3.8) is 0 Å². The van der Waals surface area contributed by atoms with Crippen molar-refractivity contribution in [3.05, 3.63) is 30.5 Å². The predicted octanol–water partition coefficient (Wildman–Crippen LogP) is 18.1. The minimum Gasteiger partial charge on any atom is -0.635 e. The molecule has 0 aromatic heterocycles. The molecule has 0 atom stereocenters. The maximum absolute atomic E-state index is 5.13. The normalized spacial score (nSPS) is 12.5. The van der Waals surface area contributed by atoms with Crippen LogP contribution >= 0.6 is 48.4 Å². The summed E-state index contributed by atoms with van der Waals surface area (Å²) >= 11 is 0. The van der Waals surface area contributed by atoms with E-state index in [-0.39, 0.29) is 144 Å². The summed E-state index contributed by atoms with van der Waals surface area (Å²) in [5.41, 5.74) is 8.11. The Morgan fingerprint density at radius 2 is 0.318 bits per heavy atom. The van der Waals surface area contributed by atoms with Crippen LogP contribution in [-0.4, -0.2) is 156 Å². The average molecular weight is 1580 g/mol. The number of hydrogen-bond acceptors (Lipinski definition) is 2. The van der Waals surface area contributed by atoms with Crippen LogP contribution in [0.4, 0.5) is 0 Å². The first-order chi connectivity index (χ1) is 28.8. The molecule has 398 valence electrons. The standard InChI is InChI=1S/2C24H54N4P3.2Ni.2U/c2*1-19(2)29(20(3)4)25-13-16-28(17-14-26-30(21(5)6)22(7)8)18-15-27-31(23(9)10)24(11)12;;;;/h2*19-24H,13-18H2,1-12H3;;;;/q2*-3;;;2*+3. The van der Waals surface area contributed by atoms with Crippen molar-refractivity contribution in [2.75, 3.05) is 78.5 Å². The van der Waals surface area contributed by atoms with E-state index in [0.717, 1.165) is 78.5 Å². The molecule has 0 saturated heterocycles. The molecule has 0 bridgehead atoms. The molecule has 66 heavy (non-hydrogen) atoms. The molecule has 0 aromatic carbocycles. The Morgan fingerprint density at radius 1 is 0.227 bits per heavy atom. The zero-order valence-corrected chi connectivity index (χ0v) is 63.0. The molecular formula is C48H108N8Ni2P6U2. The van der Waals surface area contributed by atoms with Gasteiger partial charge in [0.25, 0.3) is 0 Å². The summed E-state index contributed by atoms with van der Waals surface area (Å²) in [6, 6.07) is 0.